The molecule has 2 heterocycles. The van der Waals surface area contributed by atoms with E-state index in [0.717, 1.165) is 36.5 Å². The number of primary amides is 1. The number of hydrogen-bond acceptors (Lipinski definition) is 4. The van der Waals surface area contributed by atoms with Crippen LogP contribution in [0.15, 0.2) is 24.3 Å². The summed E-state index contributed by atoms with van der Waals surface area (Å²) in [7, 11) is 0. The zero-order chi connectivity index (χ0) is 22.4. The summed E-state index contributed by atoms with van der Waals surface area (Å²) >= 11 is 7.34. The number of thiophene rings is 1. The average Bonchev–Trinajstić information content (AvgIpc) is 3.07. The highest BCUT2D eigenvalue weighted by Crippen LogP contribution is 2.37. The second-order valence-electron chi connectivity index (χ2n) is 8.09. The van der Waals surface area contributed by atoms with Crippen LogP contribution in [-0.4, -0.2) is 29.9 Å². The van der Waals surface area contributed by atoms with Gasteiger partial charge >= 0.3 is 6.03 Å². The maximum absolute atomic E-state index is 12.5. The van der Waals surface area contributed by atoms with Crippen molar-refractivity contribution in [3.8, 4) is 0 Å². The molecule has 1 aliphatic heterocycles. The van der Waals surface area contributed by atoms with Gasteiger partial charge in [-0.1, -0.05) is 38.3 Å². The molecule has 168 valence electrons. The fourth-order valence-corrected chi connectivity index (χ4v) is 5.68. The van der Waals surface area contributed by atoms with E-state index in [-0.39, 0.29) is 0 Å². The molecule has 1 aromatic heterocycles. The summed E-state index contributed by atoms with van der Waals surface area (Å²) in [6.07, 6.45) is 5.66. The molecule has 0 unspecified atom stereocenters. The largest absolute Gasteiger partial charge is 0.365 e. The Hall–Kier alpha value is -2.09. The third kappa shape index (κ3) is 6.21. The monoisotopic (exact) mass is 462 g/mol. The summed E-state index contributed by atoms with van der Waals surface area (Å²) in [6.45, 7) is 7.25. The minimum Gasteiger partial charge on any atom is -0.365 e. The third-order valence-corrected chi connectivity index (χ3v) is 7.01. The van der Waals surface area contributed by atoms with Crippen molar-refractivity contribution in [3.63, 3.8) is 0 Å². The normalized spacial score (nSPS) is 13.8. The number of benzene rings is 1. The number of fused-ring (bicyclic) bond motifs is 1. The van der Waals surface area contributed by atoms with Gasteiger partial charge in [-0.15, -0.1) is 11.3 Å². The standard InChI is InChI=1S/C23H31ClN4O2S/c1-3-5-15(6-4-2)13-28-12-11-18-19(14-28)31-22(20(18)21(25)29)27-23(30)26-17-9-7-16(24)8-10-17/h7-10,15H,3-6,11-14H2,1-2H3,(H2,25,29)(H2,26,27,30). The number of nitrogens with two attached hydrogens (primary N) is 1. The van der Waals surface area contributed by atoms with Crippen molar-refractivity contribution >= 4 is 45.6 Å². The zero-order valence-corrected chi connectivity index (χ0v) is 19.7. The lowest BCUT2D eigenvalue weighted by atomic mass is 9.96. The molecule has 1 aliphatic rings. The molecule has 0 spiro atoms. The minimum atomic E-state index is -0.498. The van der Waals surface area contributed by atoms with Crippen LogP contribution in [0.3, 0.4) is 0 Å². The van der Waals surface area contributed by atoms with Gasteiger partial charge in [0.15, 0.2) is 0 Å². The van der Waals surface area contributed by atoms with Crippen molar-refractivity contribution in [3.05, 3.63) is 45.3 Å². The van der Waals surface area contributed by atoms with Crippen LogP contribution in [0.2, 0.25) is 5.02 Å². The number of rotatable bonds is 9. The molecule has 31 heavy (non-hydrogen) atoms. The Morgan fingerprint density at radius 1 is 1.16 bits per heavy atom. The predicted molar refractivity (Wildman–Crippen MR) is 129 cm³/mol. The summed E-state index contributed by atoms with van der Waals surface area (Å²) < 4.78 is 0. The van der Waals surface area contributed by atoms with Gasteiger partial charge in [0.05, 0.1) is 5.56 Å². The number of nitrogens with one attached hydrogen (secondary N) is 2. The SMILES string of the molecule is CCCC(CCC)CN1CCc2c(sc(NC(=O)Nc3ccc(Cl)cc3)c2C(N)=O)C1. The highest BCUT2D eigenvalue weighted by Gasteiger charge is 2.28. The van der Waals surface area contributed by atoms with E-state index in [1.54, 1.807) is 24.3 Å². The second kappa shape index (κ2) is 11.0. The lowest BCUT2D eigenvalue weighted by Gasteiger charge is -2.30. The first-order chi connectivity index (χ1) is 14.9. The second-order valence-corrected chi connectivity index (χ2v) is 9.63. The van der Waals surface area contributed by atoms with Crippen molar-refractivity contribution in [2.24, 2.45) is 11.7 Å². The van der Waals surface area contributed by atoms with Crippen molar-refractivity contribution in [1.29, 1.82) is 0 Å². The van der Waals surface area contributed by atoms with Crippen LogP contribution >= 0.6 is 22.9 Å². The molecule has 0 atom stereocenters. The number of anilines is 2. The lowest BCUT2D eigenvalue weighted by Crippen LogP contribution is -2.34. The number of nitrogens with zero attached hydrogens (tertiary/aromatic N) is 1. The van der Waals surface area contributed by atoms with Crippen LogP contribution in [-0.2, 0) is 13.0 Å². The molecule has 0 saturated carbocycles. The van der Waals surface area contributed by atoms with Crippen molar-refractivity contribution in [2.45, 2.75) is 52.5 Å². The van der Waals surface area contributed by atoms with Gasteiger partial charge in [0, 0.05) is 35.2 Å². The maximum Gasteiger partial charge on any atom is 0.324 e. The minimum absolute atomic E-state index is 0.411. The van der Waals surface area contributed by atoms with Crippen molar-refractivity contribution < 1.29 is 9.59 Å². The van der Waals surface area contributed by atoms with Gasteiger partial charge in [0.25, 0.3) is 5.91 Å². The van der Waals surface area contributed by atoms with Gasteiger partial charge in [-0.3, -0.25) is 15.0 Å². The van der Waals surface area contributed by atoms with E-state index >= 15 is 0 Å². The van der Waals surface area contributed by atoms with Gasteiger partial charge in [0.2, 0.25) is 0 Å². The Morgan fingerprint density at radius 2 is 1.84 bits per heavy atom. The summed E-state index contributed by atoms with van der Waals surface area (Å²) in [5.41, 5.74) is 7.74. The molecule has 3 rings (SSSR count). The molecule has 0 saturated heterocycles. The van der Waals surface area contributed by atoms with E-state index in [1.807, 2.05) is 0 Å². The summed E-state index contributed by atoms with van der Waals surface area (Å²) in [5.74, 6) is 0.206. The van der Waals surface area contributed by atoms with E-state index in [4.69, 9.17) is 17.3 Å². The molecule has 0 bridgehead atoms. The Bertz CT molecular complexity index is 907. The summed E-state index contributed by atoms with van der Waals surface area (Å²) in [4.78, 5) is 28.3. The van der Waals surface area contributed by atoms with E-state index in [2.05, 4.69) is 29.4 Å². The molecule has 8 heteroatoms. The Morgan fingerprint density at radius 3 is 2.45 bits per heavy atom. The fraction of sp³-hybridized carbons (Fsp3) is 0.478. The molecular weight excluding hydrogens is 432 g/mol. The average molecular weight is 463 g/mol. The predicted octanol–water partition coefficient (Wildman–Crippen LogP) is 5.72. The summed E-state index contributed by atoms with van der Waals surface area (Å²) in [6, 6.07) is 6.43. The lowest BCUT2D eigenvalue weighted by molar-refractivity contribution is 0.0999. The van der Waals surface area contributed by atoms with Crippen LogP contribution in [0.1, 0.15) is 60.3 Å². The van der Waals surface area contributed by atoms with E-state index in [9.17, 15) is 9.59 Å². The Balaban J connectivity index is 1.72. The molecular formula is C23H31ClN4O2S. The quantitative estimate of drug-likeness (QED) is 0.445. The number of hydrogen-bond donors (Lipinski definition) is 3. The smallest absolute Gasteiger partial charge is 0.324 e. The van der Waals surface area contributed by atoms with Crippen LogP contribution in [0.25, 0.3) is 0 Å². The highest BCUT2D eigenvalue weighted by molar-refractivity contribution is 7.17. The molecule has 4 N–H and O–H groups in total. The van der Waals surface area contributed by atoms with Gasteiger partial charge in [-0.2, -0.15) is 0 Å². The number of urea groups is 1. The number of carbonyl (C=O) groups excluding carboxylic acids is 2. The van der Waals surface area contributed by atoms with Crippen molar-refractivity contribution in [1.82, 2.24) is 4.90 Å². The Kier molecular flexibility index (Phi) is 8.35. The van der Waals surface area contributed by atoms with Gasteiger partial charge in [0.1, 0.15) is 5.00 Å². The number of amides is 3. The van der Waals surface area contributed by atoms with E-state index < -0.39 is 11.9 Å². The highest BCUT2D eigenvalue weighted by atomic mass is 35.5. The van der Waals surface area contributed by atoms with Crippen LogP contribution in [0.5, 0.6) is 0 Å². The third-order valence-electron chi connectivity index (χ3n) is 5.62. The molecule has 1 aromatic carbocycles. The Labute approximate surface area is 193 Å². The van der Waals surface area contributed by atoms with Gasteiger partial charge in [-0.25, -0.2) is 4.79 Å². The fourth-order valence-electron chi connectivity index (χ4n) is 4.27. The van der Waals surface area contributed by atoms with Crippen LogP contribution < -0.4 is 16.4 Å². The molecule has 3 amide bonds. The van der Waals surface area contributed by atoms with E-state index in [0.29, 0.717) is 27.2 Å². The first kappa shape index (κ1) is 23.6. The van der Waals surface area contributed by atoms with Crippen LogP contribution in [0.4, 0.5) is 15.5 Å². The maximum atomic E-state index is 12.5. The zero-order valence-electron chi connectivity index (χ0n) is 18.2. The molecule has 6 nitrogen and oxygen atoms in total. The number of halogens is 1. The van der Waals surface area contributed by atoms with Gasteiger partial charge in [-0.05, 0) is 55.0 Å². The first-order valence-electron chi connectivity index (χ1n) is 10.9. The molecule has 0 aliphatic carbocycles. The van der Waals surface area contributed by atoms with E-state index in [1.165, 1.54) is 37.0 Å². The summed E-state index contributed by atoms with van der Waals surface area (Å²) in [5, 5.41) is 6.70. The van der Waals surface area contributed by atoms with Crippen molar-refractivity contribution in [2.75, 3.05) is 23.7 Å². The topological polar surface area (TPSA) is 87.5 Å². The molecule has 0 radical (unpaired) electrons. The molecule has 2 aromatic rings. The first-order valence-corrected chi connectivity index (χ1v) is 12.1. The molecule has 0 fully saturated rings. The number of carbonyl (C=O) groups is 2. The van der Waals surface area contributed by atoms with Gasteiger partial charge < -0.3 is 11.1 Å². The van der Waals surface area contributed by atoms with Crippen LogP contribution in [0, 0.1) is 5.92 Å².